The lowest BCUT2D eigenvalue weighted by Crippen LogP contribution is -2.42. The molecule has 6 nitrogen and oxygen atoms in total. The van der Waals surface area contributed by atoms with Crippen molar-refractivity contribution in [2.24, 2.45) is 5.92 Å². The Hall–Kier alpha value is -2.21. The second-order valence-corrected chi connectivity index (χ2v) is 7.33. The van der Waals surface area contributed by atoms with E-state index in [1.54, 1.807) is 0 Å². The van der Waals surface area contributed by atoms with Gasteiger partial charge in [-0.3, -0.25) is 9.59 Å². The molecule has 2 heterocycles. The van der Waals surface area contributed by atoms with Crippen molar-refractivity contribution in [2.75, 3.05) is 19.7 Å². The minimum absolute atomic E-state index is 0.0440. The molecule has 1 aromatic heterocycles. The van der Waals surface area contributed by atoms with Crippen molar-refractivity contribution in [3.05, 3.63) is 39.8 Å². The number of carbonyl (C=O) groups excluding carboxylic acids is 1. The maximum atomic E-state index is 11.9. The number of piperidine rings is 1. The first-order valence-electron chi connectivity index (χ1n) is 9.94. The highest BCUT2D eigenvalue weighted by atomic mass is 16.5. The van der Waals surface area contributed by atoms with E-state index in [1.807, 2.05) is 19.9 Å². The number of hydrogen-bond donors (Lipinski definition) is 1. The maximum absolute atomic E-state index is 11.9. The zero-order chi connectivity index (χ0) is 19.4. The third-order valence-electron chi connectivity index (χ3n) is 5.47. The molecule has 0 radical (unpaired) electrons. The predicted molar refractivity (Wildman–Crippen MR) is 106 cm³/mol. The fraction of sp³-hybridized carbons (Fsp3) is 0.571. The number of esters is 1. The molecule has 1 saturated heterocycles. The number of aromatic amines is 1. The summed E-state index contributed by atoms with van der Waals surface area (Å²) < 4.78 is 5.15. The molecule has 1 aliphatic heterocycles. The second kappa shape index (κ2) is 8.65. The molecule has 0 saturated carbocycles. The van der Waals surface area contributed by atoms with Crippen molar-refractivity contribution in [3.8, 4) is 0 Å². The number of nitrogens with one attached hydrogen (secondary N) is 1. The van der Waals surface area contributed by atoms with Gasteiger partial charge in [0, 0.05) is 6.04 Å². The molecule has 1 N–H and O–H groups in total. The van der Waals surface area contributed by atoms with E-state index in [-0.39, 0.29) is 17.4 Å². The SMILES string of the molecule is CCOC(=O)C1CCN(C(C)Cc2ccc3[nH]c(=O)c(CC)nc3c2)CC1. The molecule has 0 amide bonds. The standard InChI is InChI=1S/C21H29N3O3/c1-4-17-20(25)23-18-7-6-15(13-19(18)22-17)12-14(3)24-10-8-16(9-11-24)21(26)27-5-2/h6-7,13-14,16H,4-5,8-12H2,1-3H3,(H,23,25). The lowest BCUT2D eigenvalue weighted by Gasteiger charge is -2.35. The molecule has 0 bridgehead atoms. The Morgan fingerprint density at radius 1 is 1.33 bits per heavy atom. The Kier molecular flexibility index (Phi) is 6.26. The number of hydrogen-bond acceptors (Lipinski definition) is 5. The molecule has 6 heteroatoms. The fourth-order valence-corrected chi connectivity index (χ4v) is 3.84. The van der Waals surface area contributed by atoms with E-state index in [9.17, 15) is 9.59 Å². The lowest BCUT2D eigenvalue weighted by atomic mass is 9.95. The van der Waals surface area contributed by atoms with Crippen molar-refractivity contribution in [2.45, 2.75) is 52.5 Å². The summed E-state index contributed by atoms with van der Waals surface area (Å²) in [4.78, 5) is 33.6. The van der Waals surface area contributed by atoms with Crippen LogP contribution in [0.2, 0.25) is 0 Å². The number of H-pyrrole nitrogens is 1. The second-order valence-electron chi connectivity index (χ2n) is 7.33. The summed E-state index contributed by atoms with van der Waals surface area (Å²) in [5, 5.41) is 0. The topological polar surface area (TPSA) is 75.3 Å². The molecule has 0 spiro atoms. The Labute approximate surface area is 159 Å². The van der Waals surface area contributed by atoms with Gasteiger partial charge in [0.1, 0.15) is 5.69 Å². The molecule has 146 valence electrons. The van der Waals surface area contributed by atoms with E-state index in [0.29, 0.717) is 24.8 Å². The van der Waals surface area contributed by atoms with Gasteiger partial charge in [0.25, 0.3) is 5.56 Å². The molecular formula is C21H29N3O3. The molecule has 1 fully saturated rings. The normalized spacial score (nSPS) is 17.1. The van der Waals surface area contributed by atoms with Crippen LogP contribution in [-0.2, 0) is 22.4 Å². The van der Waals surface area contributed by atoms with E-state index >= 15 is 0 Å². The van der Waals surface area contributed by atoms with Gasteiger partial charge in [-0.1, -0.05) is 13.0 Å². The number of benzene rings is 1. The van der Waals surface area contributed by atoms with Crippen LogP contribution in [0.4, 0.5) is 0 Å². The minimum atomic E-state index is -0.101. The van der Waals surface area contributed by atoms with E-state index in [4.69, 9.17) is 4.74 Å². The average molecular weight is 371 g/mol. The Morgan fingerprint density at radius 3 is 2.74 bits per heavy atom. The van der Waals surface area contributed by atoms with Crippen LogP contribution in [0, 0.1) is 5.92 Å². The van der Waals surface area contributed by atoms with E-state index < -0.39 is 0 Å². The summed E-state index contributed by atoms with van der Waals surface area (Å²) in [6, 6.07) is 6.47. The molecule has 27 heavy (non-hydrogen) atoms. The van der Waals surface area contributed by atoms with E-state index in [1.165, 1.54) is 5.56 Å². The van der Waals surface area contributed by atoms with Crippen molar-refractivity contribution in [1.82, 2.24) is 14.9 Å². The Morgan fingerprint density at radius 2 is 2.07 bits per heavy atom. The molecule has 0 aliphatic carbocycles. The number of ether oxygens (including phenoxy) is 1. The Bertz CT molecular complexity index is 853. The van der Waals surface area contributed by atoms with Crippen molar-refractivity contribution in [1.29, 1.82) is 0 Å². The smallest absolute Gasteiger partial charge is 0.309 e. The van der Waals surface area contributed by atoms with Crippen LogP contribution in [0.5, 0.6) is 0 Å². The van der Waals surface area contributed by atoms with Gasteiger partial charge in [0.15, 0.2) is 0 Å². The fourth-order valence-electron chi connectivity index (χ4n) is 3.84. The number of aromatic nitrogens is 2. The Balaban J connectivity index is 1.64. The summed E-state index contributed by atoms with van der Waals surface area (Å²) in [5.41, 5.74) is 3.31. The molecular weight excluding hydrogens is 342 g/mol. The van der Waals surface area contributed by atoms with Crippen LogP contribution in [0.3, 0.4) is 0 Å². The largest absolute Gasteiger partial charge is 0.466 e. The molecule has 1 aromatic carbocycles. The van der Waals surface area contributed by atoms with Crippen LogP contribution in [0.25, 0.3) is 11.0 Å². The average Bonchev–Trinajstić information content (AvgIpc) is 2.68. The minimum Gasteiger partial charge on any atom is -0.466 e. The van der Waals surface area contributed by atoms with Gasteiger partial charge in [-0.15, -0.1) is 0 Å². The first-order chi connectivity index (χ1) is 13.0. The highest BCUT2D eigenvalue weighted by Crippen LogP contribution is 2.22. The number of carbonyl (C=O) groups is 1. The number of nitrogens with zero attached hydrogens (tertiary/aromatic N) is 2. The van der Waals surface area contributed by atoms with Crippen LogP contribution in [0.1, 0.15) is 44.9 Å². The zero-order valence-corrected chi connectivity index (χ0v) is 16.5. The zero-order valence-electron chi connectivity index (χ0n) is 16.5. The summed E-state index contributed by atoms with van der Waals surface area (Å²) in [6.45, 7) is 8.32. The van der Waals surface area contributed by atoms with Gasteiger partial charge in [-0.05, 0) is 70.3 Å². The van der Waals surface area contributed by atoms with Gasteiger partial charge in [0.2, 0.25) is 0 Å². The third-order valence-corrected chi connectivity index (χ3v) is 5.47. The quantitative estimate of drug-likeness (QED) is 0.790. The van der Waals surface area contributed by atoms with Gasteiger partial charge in [-0.25, -0.2) is 4.98 Å². The van der Waals surface area contributed by atoms with Crippen LogP contribution in [0.15, 0.2) is 23.0 Å². The van der Waals surface area contributed by atoms with Gasteiger partial charge in [-0.2, -0.15) is 0 Å². The summed E-state index contributed by atoms with van der Waals surface area (Å²) >= 11 is 0. The first-order valence-corrected chi connectivity index (χ1v) is 9.94. The third kappa shape index (κ3) is 4.56. The van der Waals surface area contributed by atoms with Gasteiger partial charge < -0.3 is 14.6 Å². The summed E-state index contributed by atoms with van der Waals surface area (Å²) in [6.07, 6.45) is 3.27. The number of rotatable bonds is 6. The first kappa shape index (κ1) is 19.5. The molecule has 3 rings (SSSR count). The lowest BCUT2D eigenvalue weighted by molar-refractivity contribution is -0.149. The van der Waals surface area contributed by atoms with Crippen molar-refractivity contribution >= 4 is 17.0 Å². The number of fused-ring (bicyclic) bond motifs is 1. The van der Waals surface area contributed by atoms with Crippen molar-refractivity contribution in [3.63, 3.8) is 0 Å². The van der Waals surface area contributed by atoms with Gasteiger partial charge >= 0.3 is 5.97 Å². The van der Waals surface area contributed by atoms with Gasteiger partial charge in [0.05, 0.1) is 23.6 Å². The monoisotopic (exact) mass is 371 g/mol. The number of likely N-dealkylation sites (tertiary alicyclic amines) is 1. The molecule has 1 atom stereocenters. The highest BCUT2D eigenvalue weighted by molar-refractivity contribution is 5.75. The highest BCUT2D eigenvalue weighted by Gasteiger charge is 2.28. The van der Waals surface area contributed by atoms with Crippen molar-refractivity contribution < 1.29 is 9.53 Å². The maximum Gasteiger partial charge on any atom is 0.309 e. The van der Waals surface area contributed by atoms with E-state index in [0.717, 1.165) is 43.4 Å². The molecule has 2 aromatic rings. The molecule has 1 unspecified atom stereocenters. The van der Waals surface area contributed by atoms with Crippen LogP contribution >= 0.6 is 0 Å². The van der Waals surface area contributed by atoms with E-state index in [2.05, 4.69) is 33.9 Å². The van der Waals surface area contributed by atoms with Crippen LogP contribution in [-0.4, -0.2) is 46.6 Å². The summed E-state index contributed by atoms with van der Waals surface area (Å²) in [7, 11) is 0. The van der Waals surface area contributed by atoms with Crippen LogP contribution < -0.4 is 5.56 Å². The predicted octanol–water partition coefficient (Wildman–Crippen LogP) is 2.69. The number of aryl methyl sites for hydroxylation is 1. The summed E-state index contributed by atoms with van der Waals surface area (Å²) in [5.74, 6) is -0.00585. The molecule has 1 aliphatic rings.